The number of nitrogens with zero attached hydrogens (tertiary/aromatic N) is 3. The lowest BCUT2D eigenvalue weighted by Gasteiger charge is -2.38. The third-order valence-corrected chi connectivity index (χ3v) is 4.92. The van der Waals surface area contributed by atoms with Crippen LogP contribution in [-0.2, 0) is 4.79 Å². The molecule has 3 heterocycles. The van der Waals surface area contributed by atoms with E-state index in [-0.39, 0.29) is 24.2 Å². The lowest BCUT2D eigenvalue weighted by atomic mass is 9.92. The molecule has 1 aromatic rings. The Hall–Kier alpha value is -1.86. The fourth-order valence-corrected chi connectivity index (χ4v) is 3.59. The van der Waals surface area contributed by atoms with Gasteiger partial charge in [0.2, 0.25) is 5.91 Å². The Bertz CT molecular complexity index is 619. The first-order valence-corrected chi connectivity index (χ1v) is 8.58. The van der Waals surface area contributed by atoms with Crippen molar-refractivity contribution in [3.05, 3.63) is 23.9 Å². The number of carbonyl (C=O) groups excluding carboxylic acids is 2. The zero-order valence-electron chi connectivity index (χ0n) is 14.5. The second kappa shape index (κ2) is 8.49. The Kier molecular flexibility index (Phi) is 6.61. The fourth-order valence-electron chi connectivity index (χ4n) is 3.59. The first-order valence-electron chi connectivity index (χ1n) is 8.58. The van der Waals surface area contributed by atoms with Crippen LogP contribution in [0.5, 0.6) is 0 Å². The summed E-state index contributed by atoms with van der Waals surface area (Å²) in [5.74, 6) is 0.538. The molecule has 25 heavy (non-hydrogen) atoms. The fraction of sp³-hybridized carbons (Fsp3) is 0.588. The van der Waals surface area contributed by atoms with Gasteiger partial charge in [-0.2, -0.15) is 0 Å². The highest BCUT2D eigenvalue weighted by Gasteiger charge is 2.31. The van der Waals surface area contributed by atoms with E-state index in [9.17, 15) is 9.59 Å². The average molecular weight is 368 g/mol. The van der Waals surface area contributed by atoms with E-state index in [4.69, 9.17) is 5.73 Å². The van der Waals surface area contributed by atoms with Crippen molar-refractivity contribution in [2.75, 3.05) is 37.6 Å². The van der Waals surface area contributed by atoms with Gasteiger partial charge in [0, 0.05) is 44.3 Å². The summed E-state index contributed by atoms with van der Waals surface area (Å²) in [5.41, 5.74) is 5.87. The van der Waals surface area contributed by atoms with Crippen LogP contribution in [-0.4, -0.2) is 60.5 Å². The molecule has 3 rings (SSSR count). The van der Waals surface area contributed by atoms with Crippen LogP contribution in [0.1, 0.15) is 30.1 Å². The van der Waals surface area contributed by atoms with E-state index in [0.29, 0.717) is 43.6 Å². The Labute approximate surface area is 154 Å². The molecule has 2 atom stereocenters. The van der Waals surface area contributed by atoms with Gasteiger partial charge >= 0.3 is 0 Å². The van der Waals surface area contributed by atoms with Crippen LogP contribution in [0, 0.1) is 5.92 Å². The standard InChI is InChI=1S/C17H25N5O2.ClH/c1-12-11-13(4-6-19-12)17(24)22-9-7-21(8-10-22)16-14(15(18)23)3-2-5-20-16;/h2-3,5,12-13,19H,4,6-11H2,1H3,(H2,18,23);1H/t12-,13-;/m0./s1. The number of nitrogens with two attached hydrogens (primary N) is 1. The zero-order chi connectivity index (χ0) is 17.1. The highest BCUT2D eigenvalue weighted by Crippen LogP contribution is 2.22. The lowest BCUT2D eigenvalue weighted by Crippen LogP contribution is -2.52. The number of amides is 2. The summed E-state index contributed by atoms with van der Waals surface area (Å²) in [5, 5.41) is 3.38. The number of halogens is 1. The van der Waals surface area contributed by atoms with E-state index in [0.717, 1.165) is 19.4 Å². The van der Waals surface area contributed by atoms with Gasteiger partial charge < -0.3 is 20.9 Å². The molecule has 0 radical (unpaired) electrons. The number of anilines is 1. The van der Waals surface area contributed by atoms with Crippen molar-refractivity contribution in [3.63, 3.8) is 0 Å². The molecule has 8 heteroatoms. The average Bonchev–Trinajstić information content (AvgIpc) is 2.61. The predicted octanol–water partition coefficient (Wildman–Crippen LogP) is 0.639. The Morgan fingerprint density at radius 1 is 1.28 bits per heavy atom. The second-order valence-corrected chi connectivity index (χ2v) is 6.63. The molecule has 138 valence electrons. The van der Waals surface area contributed by atoms with E-state index >= 15 is 0 Å². The molecule has 0 unspecified atom stereocenters. The molecule has 2 saturated heterocycles. The number of carbonyl (C=O) groups is 2. The highest BCUT2D eigenvalue weighted by molar-refractivity contribution is 5.97. The minimum atomic E-state index is -0.472. The largest absolute Gasteiger partial charge is 0.365 e. The number of hydrogen-bond acceptors (Lipinski definition) is 5. The van der Waals surface area contributed by atoms with Crippen molar-refractivity contribution < 1.29 is 9.59 Å². The monoisotopic (exact) mass is 367 g/mol. The first kappa shape index (κ1) is 19.5. The van der Waals surface area contributed by atoms with Gasteiger partial charge in [-0.05, 0) is 38.4 Å². The smallest absolute Gasteiger partial charge is 0.252 e. The number of nitrogens with one attached hydrogen (secondary N) is 1. The number of pyridine rings is 1. The van der Waals surface area contributed by atoms with Gasteiger partial charge in [0.1, 0.15) is 5.82 Å². The molecule has 3 N–H and O–H groups in total. The van der Waals surface area contributed by atoms with E-state index in [1.165, 1.54) is 0 Å². The molecule has 2 fully saturated rings. The summed E-state index contributed by atoms with van der Waals surface area (Å²) in [6.07, 6.45) is 3.48. The molecule has 2 aliphatic heterocycles. The van der Waals surface area contributed by atoms with Crippen LogP contribution in [0.15, 0.2) is 18.3 Å². The summed E-state index contributed by atoms with van der Waals surface area (Å²) < 4.78 is 0. The van der Waals surface area contributed by atoms with Crippen LogP contribution in [0.3, 0.4) is 0 Å². The van der Waals surface area contributed by atoms with Gasteiger partial charge in [-0.25, -0.2) is 4.98 Å². The van der Waals surface area contributed by atoms with E-state index in [2.05, 4.69) is 17.2 Å². The predicted molar refractivity (Wildman–Crippen MR) is 99.0 cm³/mol. The molecule has 0 bridgehead atoms. The number of piperidine rings is 1. The van der Waals surface area contributed by atoms with Gasteiger partial charge in [0.15, 0.2) is 0 Å². The number of rotatable bonds is 3. The quantitative estimate of drug-likeness (QED) is 0.818. The van der Waals surface area contributed by atoms with Crippen molar-refractivity contribution in [3.8, 4) is 0 Å². The Morgan fingerprint density at radius 3 is 2.64 bits per heavy atom. The van der Waals surface area contributed by atoms with Crippen molar-refractivity contribution in [2.45, 2.75) is 25.8 Å². The first-order chi connectivity index (χ1) is 11.6. The molecular formula is C17H26ClN5O2. The summed E-state index contributed by atoms with van der Waals surface area (Å²) >= 11 is 0. The highest BCUT2D eigenvalue weighted by atomic mass is 35.5. The molecule has 2 aliphatic rings. The minimum absolute atomic E-state index is 0. The lowest BCUT2D eigenvalue weighted by molar-refractivity contribution is -0.137. The third-order valence-electron chi connectivity index (χ3n) is 4.92. The third kappa shape index (κ3) is 4.41. The van der Waals surface area contributed by atoms with E-state index < -0.39 is 5.91 Å². The van der Waals surface area contributed by atoms with Crippen LogP contribution in [0.25, 0.3) is 0 Å². The maximum atomic E-state index is 12.7. The number of piperazine rings is 1. The van der Waals surface area contributed by atoms with Crippen LogP contribution in [0.4, 0.5) is 5.82 Å². The number of primary amides is 1. The van der Waals surface area contributed by atoms with Crippen LogP contribution < -0.4 is 16.0 Å². The molecule has 0 aromatic carbocycles. The Morgan fingerprint density at radius 2 is 2.00 bits per heavy atom. The van der Waals surface area contributed by atoms with Crippen LogP contribution in [0.2, 0.25) is 0 Å². The zero-order valence-corrected chi connectivity index (χ0v) is 15.3. The topological polar surface area (TPSA) is 91.6 Å². The molecule has 0 aliphatic carbocycles. The van der Waals surface area contributed by atoms with Crippen LogP contribution >= 0.6 is 12.4 Å². The van der Waals surface area contributed by atoms with Crippen molar-refractivity contribution >= 4 is 30.0 Å². The maximum Gasteiger partial charge on any atom is 0.252 e. The number of hydrogen-bond donors (Lipinski definition) is 2. The maximum absolute atomic E-state index is 12.7. The summed E-state index contributed by atoms with van der Waals surface area (Å²) in [6.45, 7) is 5.70. The van der Waals surface area contributed by atoms with Gasteiger partial charge in [0.05, 0.1) is 5.56 Å². The summed E-state index contributed by atoms with van der Waals surface area (Å²) in [6, 6.07) is 3.81. The summed E-state index contributed by atoms with van der Waals surface area (Å²) in [7, 11) is 0. The van der Waals surface area contributed by atoms with Gasteiger partial charge in [0.25, 0.3) is 5.91 Å². The van der Waals surface area contributed by atoms with Crippen molar-refractivity contribution in [1.29, 1.82) is 0 Å². The van der Waals surface area contributed by atoms with Gasteiger partial charge in [-0.15, -0.1) is 12.4 Å². The van der Waals surface area contributed by atoms with Crippen molar-refractivity contribution in [1.82, 2.24) is 15.2 Å². The minimum Gasteiger partial charge on any atom is -0.365 e. The second-order valence-electron chi connectivity index (χ2n) is 6.63. The summed E-state index contributed by atoms with van der Waals surface area (Å²) in [4.78, 5) is 32.6. The van der Waals surface area contributed by atoms with E-state index in [1.54, 1.807) is 18.3 Å². The normalized spacial score (nSPS) is 23.7. The molecule has 0 spiro atoms. The van der Waals surface area contributed by atoms with Gasteiger partial charge in [-0.1, -0.05) is 0 Å². The van der Waals surface area contributed by atoms with Gasteiger partial charge in [-0.3, -0.25) is 9.59 Å². The Balaban J connectivity index is 0.00000225. The SMILES string of the molecule is C[C@H]1C[C@@H](C(=O)N2CCN(c3ncccc3C(N)=O)CC2)CCN1.Cl. The van der Waals surface area contributed by atoms with Crippen molar-refractivity contribution in [2.24, 2.45) is 11.7 Å². The molecule has 7 nitrogen and oxygen atoms in total. The van der Waals surface area contributed by atoms with E-state index in [1.807, 2.05) is 9.80 Å². The molecule has 1 aromatic heterocycles. The molecule has 2 amide bonds. The number of aromatic nitrogens is 1. The molecule has 0 saturated carbocycles. The molecular weight excluding hydrogens is 342 g/mol.